The predicted octanol–water partition coefficient (Wildman–Crippen LogP) is 2.03. The van der Waals surface area contributed by atoms with E-state index in [1.807, 2.05) is 0 Å². The molecule has 1 fully saturated rings. The van der Waals surface area contributed by atoms with Gasteiger partial charge < -0.3 is 14.9 Å². The molecule has 1 aliphatic heterocycles. The van der Waals surface area contributed by atoms with Crippen molar-refractivity contribution in [3.05, 3.63) is 34.4 Å². The Morgan fingerprint density at radius 2 is 2.32 bits per heavy atom. The van der Waals surface area contributed by atoms with Crippen LogP contribution in [-0.2, 0) is 0 Å². The molecule has 0 spiro atoms. The summed E-state index contributed by atoms with van der Waals surface area (Å²) in [6.07, 6.45) is 0.132. The van der Waals surface area contributed by atoms with E-state index in [1.54, 1.807) is 6.07 Å². The fraction of sp³-hybridized carbons (Fsp3) is 0.333. The fourth-order valence-electron chi connectivity index (χ4n) is 2.06. The summed E-state index contributed by atoms with van der Waals surface area (Å²) in [5.74, 6) is 0.367. The van der Waals surface area contributed by atoms with Crippen LogP contribution in [0.5, 0.6) is 0 Å². The van der Waals surface area contributed by atoms with Crippen molar-refractivity contribution in [1.29, 1.82) is 0 Å². The van der Waals surface area contributed by atoms with Gasteiger partial charge in [-0.1, -0.05) is 21.1 Å². The lowest BCUT2D eigenvalue weighted by molar-refractivity contribution is 0.191. The smallest absolute Gasteiger partial charge is 0.244 e. The molecule has 2 heterocycles. The second-order valence-corrected chi connectivity index (χ2v) is 5.29. The zero-order valence-corrected chi connectivity index (χ0v) is 11.4. The molecule has 0 radical (unpaired) electrons. The summed E-state index contributed by atoms with van der Waals surface area (Å²) in [5.41, 5.74) is 0.536. The van der Waals surface area contributed by atoms with Gasteiger partial charge in [0.05, 0.1) is 12.1 Å². The molecule has 0 saturated carbocycles. The zero-order valence-electron chi connectivity index (χ0n) is 9.81. The van der Waals surface area contributed by atoms with Crippen molar-refractivity contribution in [1.82, 2.24) is 15.5 Å². The summed E-state index contributed by atoms with van der Waals surface area (Å²) in [7, 11) is 0. The van der Waals surface area contributed by atoms with Crippen LogP contribution in [0.4, 0.5) is 4.39 Å². The molecule has 100 valence electrons. The quantitative estimate of drug-likeness (QED) is 0.883. The molecule has 19 heavy (non-hydrogen) atoms. The average molecular weight is 328 g/mol. The van der Waals surface area contributed by atoms with Gasteiger partial charge in [-0.15, -0.1) is 0 Å². The Bertz CT molecular complexity index is 604. The minimum Gasteiger partial charge on any atom is -0.392 e. The molecular weight excluding hydrogens is 317 g/mol. The van der Waals surface area contributed by atoms with E-state index in [0.29, 0.717) is 34.7 Å². The van der Waals surface area contributed by atoms with Crippen LogP contribution in [0.15, 0.2) is 27.2 Å². The van der Waals surface area contributed by atoms with Gasteiger partial charge in [-0.3, -0.25) is 0 Å². The van der Waals surface area contributed by atoms with E-state index in [2.05, 4.69) is 31.4 Å². The van der Waals surface area contributed by atoms with Crippen LogP contribution in [0, 0.1) is 5.82 Å². The van der Waals surface area contributed by atoms with Gasteiger partial charge in [0.1, 0.15) is 5.82 Å². The number of aliphatic hydroxyl groups excluding tert-OH is 1. The number of hydrogen-bond donors (Lipinski definition) is 2. The van der Waals surface area contributed by atoms with E-state index < -0.39 is 6.10 Å². The second-order valence-electron chi connectivity index (χ2n) is 4.43. The number of nitrogens with zero attached hydrogens (tertiary/aromatic N) is 2. The van der Waals surface area contributed by atoms with E-state index >= 15 is 0 Å². The molecule has 0 amide bonds. The van der Waals surface area contributed by atoms with Crippen LogP contribution in [0.2, 0.25) is 0 Å². The van der Waals surface area contributed by atoms with Gasteiger partial charge in [-0.25, -0.2) is 4.39 Å². The molecule has 2 aromatic rings. The first-order valence-electron chi connectivity index (χ1n) is 5.84. The Morgan fingerprint density at radius 1 is 1.47 bits per heavy atom. The number of halogens is 2. The third-order valence-electron chi connectivity index (χ3n) is 3.02. The van der Waals surface area contributed by atoms with Crippen LogP contribution in [0.25, 0.3) is 11.4 Å². The lowest BCUT2D eigenvalue weighted by Gasteiger charge is -2.02. The van der Waals surface area contributed by atoms with E-state index in [0.717, 1.165) is 0 Å². The second kappa shape index (κ2) is 4.99. The highest BCUT2D eigenvalue weighted by molar-refractivity contribution is 9.10. The number of aliphatic hydroxyl groups is 1. The minimum atomic E-state index is -0.402. The summed E-state index contributed by atoms with van der Waals surface area (Å²) >= 11 is 3.33. The molecule has 1 aromatic heterocycles. The highest BCUT2D eigenvalue weighted by atomic mass is 79.9. The number of nitrogens with one attached hydrogen (secondary N) is 1. The van der Waals surface area contributed by atoms with Gasteiger partial charge in [0.2, 0.25) is 11.7 Å². The van der Waals surface area contributed by atoms with Crippen molar-refractivity contribution in [2.75, 3.05) is 6.54 Å². The van der Waals surface area contributed by atoms with Crippen LogP contribution < -0.4 is 5.32 Å². The van der Waals surface area contributed by atoms with Gasteiger partial charge in [-0.05, 0) is 24.6 Å². The number of hydrogen-bond acceptors (Lipinski definition) is 5. The largest absolute Gasteiger partial charge is 0.392 e. The molecular formula is C12H11BrFN3O2. The molecule has 5 nitrogen and oxygen atoms in total. The SMILES string of the molecule is OC1CN[C@H](c2nc(-c3cc(F)ccc3Br)no2)C1. The average Bonchev–Trinajstić information content (AvgIpc) is 3.00. The Labute approximate surface area is 117 Å². The lowest BCUT2D eigenvalue weighted by atomic mass is 10.2. The van der Waals surface area contributed by atoms with Gasteiger partial charge in [0, 0.05) is 16.6 Å². The van der Waals surface area contributed by atoms with Gasteiger partial charge in [-0.2, -0.15) is 4.98 Å². The van der Waals surface area contributed by atoms with E-state index in [4.69, 9.17) is 4.52 Å². The third-order valence-corrected chi connectivity index (χ3v) is 3.71. The van der Waals surface area contributed by atoms with E-state index in [1.165, 1.54) is 12.1 Å². The van der Waals surface area contributed by atoms with Crippen molar-refractivity contribution in [3.8, 4) is 11.4 Å². The van der Waals surface area contributed by atoms with Crippen LogP contribution in [-0.4, -0.2) is 27.9 Å². The lowest BCUT2D eigenvalue weighted by Crippen LogP contribution is -2.15. The van der Waals surface area contributed by atoms with E-state index in [9.17, 15) is 9.50 Å². The molecule has 0 bridgehead atoms. The summed E-state index contributed by atoms with van der Waals surface area (Å²) < 4.78 is 19.1. The molecule has 3 rings (SSSR count). The first kappa shape index (κ1) is 12.7. The highest BCUT2D eigenvalue weighted by Crippen LogP contribution is 2.29. The van der Waals surface area contributed by atoms with Crippen molar-refractivity contribution in [2.24, 2.45) is 0 Å². The number of rotatable bonds is 2. The van der Waals surface area contributed by atoms with Gasteiger partial charge in [0.15, 0.2) is 0 Å². The van der Waals surface area contributed by atoms with Crippen LogP contribution >= 0.6 is 15.9 Å². The van der Waals surface area contributed by atoms with Crippen molar-refractivity contribution >= 4 is 15.9 Å². The molecule has 1 saturated heterocycles. The molecule has 1 unspecified atom stereocenters. The third kappa shape index (κ3) is 2.54. The van der Waals surface area contributed by atoms with Crippen LogP contribution in [0.3, 0.4) is 0 Å². The molecule has 2 N–H and O–H groups in total. The molecule has 1 aromatic carbocycles. The predicted molar refractivity (Wildman–Crippen MR) is 68.8 cm³/mol. The maximum absolute atomic E-state index is 13.2. The fourth-order valence-corrected chi connectivity index (χ4v) is 2.48. The Hall–Kier alpha value is -1.31. The Kier molecular flexibility index (Phi) is 3.34. The zero-order chi connectivity index (χ0) is 13.4. The number of β-amino-alcohol motifs (C(OH)–C–C–N with tert-alkyl or cyclic N) is 1. The van der Waals surface area contributed by atoms with Crippen molar-refractivity contribution in [3.63, 3.8) is 0 Å². The molecule has 1 aliphatic rings. The van der Waals surface area contributed by atoms with Gasteiger partial charge >= 0.3 is 0 Å². The van der Waals surface area contributed by atoms with Crippen molar-refractivity contribution in [2.45, 2.75) is 18.6 Å². The number of benzene rings is 1. The maximum Gasteiger partial charge on any atom is 0.244 e. The first-order valence-corrected chi connectivity index (χ1v) is 6.63. The summed E-state index contributed by atoms with van der Waals surface area (Å²) in [4.78, 5) is 4.25. The Morgan fingerprint density at radius 3 is 3.05 bits per heavy atom. The maximum atomic E-state index is 13.2. The van der Waals surface area contributed by atoms with Gasteiger partial charge in [0.25, 0.3) is 0 Å². The van der Waals surface area contributed by atoms with Crippen LogP contribution in [0.1, 0.15) is 18.4 Å². The summed E-state index contributed by atoms with van der Waals surface area (Å²) in [6, 6.07) is 4.14. The Balaban J connectivity index is 1.90. The standard InChI is InChI=1S/C12H11BrFN3O2/c13-9-2-1-6(14)3-8(9)11-16-12(19-17-11)10-4-7(18)5-15-10/h1-3,7,10,15,18H,4-5H2/t7?,10-/m0/s1. The highest BCUT2D eigenvalue weighted by Gasteiger charge is 2.28. The summed E-state index contributed by atoms with van der Waals surface area (Å²) in [5, 5.41) is 16.4. The number of aromatic nitrogens is 2. The first-order chi connectivity index (χ1) is 9.13. The molecule has 2 atom stereocenters. The summed E-state index contributed by atoms with van der Waals surface area (Å²) in [6.45, 7) is 0.506. The van der Waals surface area contributed by atoms with E-state index in [-0.39, 0.29) is 11.9 Å². The molecule has 7 heteroatoms. The normalized spacial score (nSPS) is 22.9. The monoisotopic (exact) mass is 327 g/mol. The minimum absolute atomic E-state index is 0.149. The molecule has 0 aliphatic carbocycles. The van der Waals surface area contributed by atoms with Crippen molar-refractivity contribution < 1.29 is 14.0 Å². The topological polar surface area (TPSA) is 71.2 Å².